The zero-order valence-corrected chi connectivity index (χ0v) is 18.0. The number of nitrogens with zero attached hydrogens (tertiary/aromatic N) is 4. The summed E-state index contributed by atoms with van der Waals surface area (Å²) in [4.78, 5) is 2.42. The molecule has 0 amide bonds. The zero-order chi connectivity index (χ0) is 21.9. The van der Waals surface area contributed by atoms with Crippen molar-refractivity contribution in [3.05, 3.63) is 52.7 Å². The summed E-state index contributed by atoms with van der Waals surface area (Å²) in [7, 11) is -3.39. The van der Waals surface area contributed by atoms with Gasteiger partial charge in [-0.2, -0.15) is 15.8 Å². The van der Waals surface area contributed by atoms with E-state index >= 15 is 0 Å². The molecule has 1 aliphatic heterocycles. The number of allylic oxidation sites excluding steroid dienone is 4. The number of sulfone groups is 1. The predicted molar refractivity (Wildman–Crippen MR) is 112 cm³/mol. The van der Waals surface area contributed by atoms with E-state index in [0.717, 1.165) is 5.70 Å². The number of piperidine rings is 1. The molecule has 1 fully saturated rings. The topological polar surface area (TPSA) is 109 Å². The van der Waals surface area contributed by atoms with Gasteiger partial charge in [-0.15, -0.1) is 0 Å². The van der Waals surface area contributed by atoms with Crippen LogP contribution in [0.15, 0.2) is 57.6 Å². The minimum absolute atomic E-state index is 0.0154. The van der Waals surface area contributed by atoms with Gasteiger partial charge in [0.05, 0.1) is 15.7 Å². The maximum absolute atomic E-state index is 13.0. The van der Waals surface area contributed by atoms with Gasteiger partial charge in [0, 0.05) is 24.4 Å². The van der Waals surface area contributed by atoms with Crippen molar-refractivity contribution in [1.29, 1.82) is 15.8 Å². The minimum Gasteiger partial charge on any atom is -0.374 e. The van der Waals surface area contributed by atoms with E-state index in [2.05, 4.69) is 24.8 Å². The van der Waals surface area contributed by atoms with Gasteiger partial charge in [-0.3, -0.25) is 0 Å². The van der Waals surface area contributed by atoms with E-state index < -0.39 is 15.1 Å². The van der Waals surface area contributed by atoms with E-state index in [1.54, 1.807) is 30.3 Å². The van der Waals surface area contributed by atoms with Crippen molar-refractivity contribution in [2.45, 2.75) is 49.7 Å². The van der Waals surface area contributed by atoms with Crippen LogP contribution < -0.4 is 0 Å². The normalized spacial score (nSPS) is 19.6. The highest BCUT2D eigenvalue weighted by Crippen LogP contribution is 2.44. The standard InChI is InChI=1S/C23H24N4O2S/c1-23(2)12-20(17(14-24)15-25)21(16-26)22(13-23)27-10-8-19(9-11-27)30(28,29)18-6-4-3-5-7-18/h3-7,19H,8-13H2,1-2H3. The predicted octanol–water partition coefficient (Wildman–Crippen LogP) is 3.87. The Morgan fingerprint density at radius 3 is 2.17 bits per heavy atom. The first-order valence-electron chi connectivity index (χ1n) is 9.94. The average molecular weight is 421 g/mol. The Morgan fingerprint density at radius 1 is 1.03 bits per heavy atom. The van der Waals surface area contributed by atoms with Crippen molar-refractivity contribution in [2.24, 2.45) is 5.41 Å². The van der Waals surface area contributed by atoms with Crippen molar-refractivity contribution in [3.8, 4) is 18.2 Å². The third-order valence-electron chi connectivity index (χ3n) is 5.86. The van der Waals surface area contributed by atoms with Crippen molar-refractivity contribution in [2.75, 3.05) is 13.1 Å². The van der Waals surface area contributed by atoms with Gasteiger partial charge in [-0.05, 0) is 43.2 Å². The summed E-state index contributed by atoms with van der Waals surface area (Å²) in [5.74, 6) is 0. The molecule has 1 aliphatic carbocycles. The molecule has 6 nitrogen and oxygen atoms in total. The van der Waals surface area contributed by atoms with Crippen LogP contribution in [0.4, 0.5) is 0 Å². The summed E-state index contributed by atoms with van der Waals surface area (Å²) in [5.41, 5.74) is 1.52. The second-order valence-corrected chi connectivity index (χ2v) is 10.8. The summed E-state index contributed by atoms with van der Waals surface area (Å²) in [6, 6.07) is 14.6. The third-order valence-corrected chi connectivity index (χ3v) is 8.14. The van der Waals surface area contributed by atoms with Crippen molar-refractivity contribution in [1.82, 2.24) is 4.90 Å². The lowest BCUT2D eigenvalue weighted by atomic mass is 9.72. The van der Waals surface area contributed by atoms with Crippen LogP contribution in [-0.2, 0) is 9.84 Å². The van der Waals surface area contributed by atoms with E-state index in [9.17, 15) is 24.2 Å². The molecule has 3 rings (SSSR count). The van der Waals surface area contributed by atoms with Crippen LogP contribution in [0.1, 0.15) is 39.5 Å². The van der Waals surface area contributed by atoms with Crippen molar-refractivity contribution >= 4 is 9.84 Å². The van der Waals surface area contributed by atoms with Crippen LogP contribution in [0.3, 0.4) is 0 Å². The molecule has 0 atom stereocenters. The zero-order valence-electron chi connectivity index (χ0n) is 17.2. The molecule has 0 aromatic heterocycles. The van der Waals surface area contributed by atoms with Gasteiger partial charge < -0.3 is 4.90 Å². The molecule has 1 aromatic rings. The number of nitriles is 3. The number of hydrogen-bond donors (Lipinski definition) is 0. The van der Waals surface area contributed by atoms with E-state index in [-0.39, 0.29) is 11.0 Å². The number of benzene rings is 1. The molecule has 0 saturated carbocycles. The summed E-state index contributed by atoms with van der Waals surface area (Å²) in [6.07, 6.45) is 2.10. The molecule has 0 unspecified atom stereocenters. The Morgan fingerprint density at radius 2 is 1.63 bits per heavy atom. The number of hydrogen-bond acceptors (Lipinski definition) is 6. The lowest BCUT2D eigenvalue weighted by Gasteiger charge is -2.41. The maximum atomic E-state index is 13.0. The van der Waals surface area contributed by atoms with Crippen LogP contribution in [-0.4, -0.2) is 31.7 Å². The smallest absolute Gasteiger partial charge is 0.181 e. The Hall–Kier alpha value is -3.08. The highest BCUT2D eigenvalue weighted by Gasteiger charge is 2.37. The van der Waals surface area contributed by atoms with Gasteiger partial charge in [0.1, 0.15) is 23.8 Å². The van der Waals surface area contributed by atoms with E-state index in [1.165, 1.54) is 0 Å². The fraction of sp³-hybridized carbons (Fsp3) is 0.435. The summed E-state index contributed by atoms with van der Waals surface area (Å²) in [6.45, 7) is 5.16. The lowest BCUT2D eigenvalue weighted by molar-refractivity contribution is 0.232. The molecule has 0 spiro atoms. The van der Waals surface area contributed by atoms with Gasteiger partial charge in [0.15, 0.2) is 9.84 Å². The van der Waals surface area contributed by atoms with Crippen LogP contribution in [0.25, 0.3) is 0 Å². The Balaban J connectivity index is 1.90. The quantitative estimate of drug-likeness (QED) is 0.687. The van der Waals surface area contributed by atoms with E-state index in [0.29, 0.717) is 54.8 Å². The second kappa shape index (κ2) is 8.34. The highest BCUT2D eigenvalue weighted by molar-refractivity contribution is 7.92. The summed E-state index contributed by atoms with van der Waals surface area (Å²) < 4.78 is 25.9. The summed E-state index contributed by atoms with van der Waals surface area (Å²) >= 11 is 0. The average Bonchev–Trinajstić information content (AvgIpc) is 2.74. The molecule has 0 N–H and O–H groups in total. The first-order chi connectivity index (χ1) is 14.2. The maximum Gasteiger partial charge on any atom is 0.181 e. The van der Waals surface area contributed by atoms with Gasteiger partial charge >= 0.3 is 0 Å². The first kappa shape index (κ1) is 21.6. The van der Waals surface area contributed by atoms with Crippen LogP contribution >= 0.6 is 0 Å². The van der Waals surface area contributed by atoms with Gasteiger partial charge in [0.25, 0.3) is 0 Å². The second-order valence-electron chi connectivity index (χ2n) is 8.57. The fourth-order valence-corrected chi connectivity index (χ4v) is 6.11. The molecule has 2 aliphatic rings. The number of likely N-dealkylation sites (tertiary alicyclic amines) is 1. The fourth-order valence-electron chi connectivity index (χ4n) is 4.36. The third kappa shape index (κ3) is 4.11. The SMILES string of the molecule is CC1(C)CC(=C(C#N)C#N)C(C#N)=C(N2CCC(S(=O)(=O)c3ccccc3)CC2)C1. The molecular weight excluding hydrogens is 396 g/mol. The van der Waals surface area contributed by atoms with E-state index in [1.807, 2.05) is 12.1 Å². The molecular formula is C23H24N4O2S. The van der Waals surface area contributed by atoms with Crippen LogP contribution in [0.5, 0.6) is 0 Å². The molecule has 154 valence electrons. The minimum atomic E-state index is -3.39. The van der Waals surface area contributed by atoms with Crippen LogP contribution in [0.2, 0.25) is 0 Å². The molecule has 0 radical (unpaired) electrons. The molecule has 7 heteroatoms. The Labute approximate surface area is 178 Å². The molecule has 1 heterocycles. The molecule has 1 saturated heterocycles. The first-order valence-corrected chi connectivity index (χ1v) is 11.5. The highest BCUT2D eigenvalue weighted by atomic mass is 32.2. The van der Waals surface area contributed by atoms with Crippen LogP contribution in [0, 0.1) is 39.4 Å². The lowest BCUT2D eigenvalue weighted by Crippen LogP contribution is -2.41. The molecule has 0 bridgehead atoms. The van der Waals surface area contributed by atoms with Gasteiger partial charge in [0.2, 0.25) is 0 Å². The van der Waals surface area contributed by atoms with Crippen molar-refractivity contribution < 1.29 is 8.42 Å². The van der Waals surface area contributed by atoms with Crippen molar-refractivity contribution in [3.63, 3.8) is 0 Å². The Kier molecular flexibility index (Phi) is 6.01. The molecule has 30 heavy (non-hydrogen) atoms. The summed E-state index contributed by atoms with van der Waals surface area (Å²) in [5, 5.41) is 28.1. The molecule has 1 aromatic carbocycles. The monoisotopic (exact) mass is 420 g/mol. The van der Waals surface area contributed by atoms with E-state index in [4.69, 9.17) is 0 Å². The largest absolute Gasteiger partial charge is 0.374 e. The number of rotatable bonds is 3. The van der Waals surface area contributed by atoms with Gasteiger partial charge in [-0.1, -0.05) is 32.0 Å². The van der Waals surface area contributed by atoms with Gasteiger partial charge in [-0.25, -0.2) is 8.42 Å². The Bertz CT molecular complexity index is 1100.